The van der Waals surface area contributed by atoms with Crippen LogP contribution in [0, 0.1) is 0 Å². The summed E-state index contributed by atoms with van der Waals surface area (Å²) in [6.45, 7) is 8.86. The fourth-order valence-corrected chi connectivity index (χ4v) is 3.66. The first-order valence-electron chi connectivity index (χ1n) is 6.96. The van der Waals surface area contributed by atoms with Crippen LogP contribution in [0.5, 0.6) is 0 Å². The third-order valence-corrected chi connectivity index (χ3v) is 4.92. The van der Waals surface area contributed by atoms with Crippen LogP contribution in [-0.4, -0.2) is 30.1 Å². The van der Waals surface area contributed by atoms with E-state index in [0.717, 1.165) is 18.3 Å². The van der Waals surface area contributed by atoms with Crippen molar-refractivity contribution in [3.63, 3.8) is 0 Å². The van der Waals surface area contributed by atoms with Crippen LogP contribution >= 0.6 is 11.8 Å². The molecule has 1 heterocycles. The SMILES string of the molecule is CCN(CC)c1ccc(NC2CSC(C)C2)cc1. The first-order chi connectivity index (χ1) is 8.72. The van der Waals surface area contributed by atoms with Crippen molar-refractivity contribution in [1.29, 1.82) is 0 Å². The molecule has 3 heteroatoms. The molecule has 1 aromatic carbocycles. The molecule has 2 unspecified atom stereocenters. The second kappa shape index (κ2) is 6.37. The third-order valence-electron chi connectivity index (χ3n) is 3.57. The molecule has 100 valence electrons. The van der Waals surface area contributed by atoms with Gasteiger partial charge in [-0.1, -0.05) is 6.92 Å². The monoisotopic (exact) mass is 264 g/mol. The van der Waals surface area contributed by atoms with E-state index in [2.05, 4.69) is 67.0 Å². The van der Waals surface area contributed by atoms with Crippen LogP contribution in [0.1, 0.15) is 27.2 Å². The Morgan fingerprint density at radius 1 is 1.22 bits per heavy atom. The van der Waals surface area contributed by atoms with Gasteiger partial charge < -0.3 is 10.2 Å². The molecule has 2 nitrogen and oxygen atoms in total. The fourth-order valence-electron chi connectivity index (χ4n) is 2.51. The largest absolute Gasteiger partial charge is 0.381 e. The van der Waals surface area contributed by atoms with E-state index in [0.29, 0.717) is 6.04 Å². The zero-order chi connectivity index (χ0) is 13.0. The van der Waals surface area contributed by atoms with Gasteiger partial charge in [0.1, 0.15) is 0 Å². The van der Waals surface area contributed by atoms with Crippen molar-refractivity contribution in [1.82, 2.24) is 0 Å². The number of nitrogens with one attached hydrogen (secondary N) is 1. The number of rotatable bonds is 5. The minimum atomic E-state index is 0.643. The van der Waals surface area contributed by atoms with Crippen molar-refractivity contribution in [2.24, 2.45) is 0 Å². The van der Waals surface area contributed by atoms with Crippen molar-refractivity contribution < 1.29 is 0 Å². The van der Waals surface area contributed by atoms with Crippen molar-refractivity contribution in [2.45, 2.75) is 38.5 Å². The lowest BCUT2D eigenvalue weighted by molar-refractivity contribution is 0.747. The van der Waals surface area contributed by atoms with Crippen molar-refractivity contribution in [3.8, 4) is 0 Å². The molecule has 0 saturated carbocycles. The Kier molecular flexibility index (Phi) is 4.81. The Hall–Kier alpha value is -0.830. The average Bonchev–Trinajstić information content (AvgIpc) is 2.78. The van der Waals surface area contributed by atoms with Gasteiger partial charge in [0.2, 0.25) is 0 Å². The van der Waals surface area contributed by atoms with Crippen LogP contribution in [0.3, 0.4) is 0 Å². The molecule has 2 rings (SSSR count). The molecule has 1 fully saturated rings. The highest BCUT2D eigenvalue weighted by Crippen LogP contribution is 2.28. The molecule has 0 aromatic heterocycles. The maximum atomic E-state index is 3.63. The maximum absolute atomic E-state index is 3.63. The van der Waals surface area contributed by atoms with Crippen LogP contribution in [-0.2, 0) is 0 Å². The Balaban J connectivity index is 1.95. The summed E-state index contributed by atoms with van der Waals surface area (Å²) in [6.07, 6.45) is 1.28. The second-order valence-corrected chi connectivity index (χ2v) is 6.41. The Labute approximate surface area is 115 Å². The van der Waals surface area contributed by atoms with E-state index in [9.17, 15) is 0 Å². The molecule has 2 atom stereocenters. The summed E-state index contributed by atoms with van der Waals surface area (Å²) in [5.41, 5.74) is 2.57. The van der Waals surface area contributed by atoms with E-state index < -0.39 is 0 Å². The van der Waals surface area contributed by atoms with Gasteiger partial charge in [-0.05, 0) is 44.5 Å². The van der Waals surface area contributed by atoms with Crippen LogP contribution in [0.2, 0.25) is 0 Å². The summed E-state index contributed by atoms with van der Waals surface area (Å²) in [7, 11) is 0. The number of hydrogen-bond acceptors (Lipinski definition) is 3. The molecule has 1 aromatic rings. The Morgan fingerprint density at radius 2 is 1.89 bits per heavy atom. The first kappa shape index (κ1) is 13.6. The number of hydrogen-bond donors (Lipinski definition) is 1. The van der Waals surface area contributed by atoms with Crippen molar-refractivity contribution in [2.75, 3.05) is 29.1 Å². The average molecular weight is 264 g/mol. The number of benzene rings is 1. The molecule has 1 aliphatic rings. The highest BCUT2D eigenvalue weighted by Gasteiger charge is 2.21. The van der Waals surface area contributed by atoms with Crippen molar-refractivity contribution in [3.05, 3.63) is 24.3 Å². The smallest absolute Gasteiger partial charge is 0.0367 e. The predicted octanol–water partition coefficient (Wildman–Crippen LogP) is 3.84. The highest BCUT2D eigenvalue weighted by atomic mass is 32.2. The Morgan fingerprint density at radius 3 is 2.39 bits per heavy atom. The standard InChI is InChI=1S/C15H24N2S/c1-4-17(5-2)15-8-6-13(7-9-15)16-14-10-12(3)18-11-14/h6-9,12,14,16H,4-5,10-11H2,1-3H3. The first-order valence-corrected chi connectivity index (χ1v) is 8.01. The van der Waals surface area contributed by atoms with Crippen LogP contribution in [0.15, 0.2) is 24.3 Å². The summed E-state index contributed by atoms with van der Waals surface area (Å²) in [6, 6.07) is 9.51. The molecule has 1 N–H and O–H groups in total. The molecule has 0 amide bonds. The lowest BCUT2D eigenvalue weighted by Gasteiger charge is -2.21. The fraction of sp³-hybridized carbons (Fsp3) is 0.600. The summed E-state index contributed by atoms with van der Waals surface area (Å²) >= 11 is 2.07. The zero-order valence-electron chi connectivity index (χ0n) is 11.6. The van der Waals surface area contributed by atoms with Gasteiger partial charge in [-0.2, -0.15) is 11.8 Å². The van der Waals surface area contributed by atoms with Crippen LogP contribution in [0.4, 0.5) is 11.4 Å². The lowest BCUT2D eigenvalue weighted by atomic mass is 10.2. The molecule has 1 saturated heterocycles. The van der Waals surface area contributed by atoms with Gasteiger partial charge in [-0.15, -0.1) is 0 Å². The number of anilines is 2. The summed E-state index contributed by atoms with van der Waals surface area (Å²) in [5.74, 6) is 1.24. The minimum absolute atomic E-state index is 0.643. The van der Waals surface area contributed by atoms with E-state index in [1.165, 1.54) is 23.5 Å². The predicted molar refractivity (Wildman–Crippen MR) is 84.0 cm³/mol. The zero-order valence-corrected chi connectivity index (χ0v) is 12.5. The number of thioether (sulfide) groups is 1. The molecule has 0 spiro atoms. The van der Waals surface area contributed by atoms with Gasteiger partial charge in [0.25, 0.3) is 0 Å². The maximum Gasteiger partial charge on any atom is 0.0367 e. The van der Waals surface area contributed by atoms with Gasteiger partial charge in [0.15, 0.2) is 0 Å². The summed E-state index contributed by atoms with van der Waals surface area (Å²) < 4.78 is 0. The quantitative estimate of drug-likeness (QED) is 0.870. The van der Waals surface area contributed by atoms with Crippen LogP contribution in [0.25, 0.3) is 0 Å². The summed E-state index contributed by atoms with van der Waals surface area (Å²) in [4.78, 5) is 2.37. The molecule has 0 radical (unpaired) electrons. The topological polar surface area (TPSA) is 15.3 Å². The molecule has 1 aliphatic heterocycles. The van der Waals surface area contributed by atoms with Gasteiger partial charge in [-0.3, -0.25) is 0 Å². The van der Waals surface area contributed by atoms with Gasteiger partial charge in [0.05, 0.1) is 0 Å². The summed E-state index contributed by atoms with van der Waals surface area (Å²) in [5, 5.41) is 4.44. The minimum Gasteiger partial charge on any atom is -0.381 e. The Bertz CT molecular complexity index is 359. The normalized spacial score (nSPS) is 23.1. The van der Waals surface area contributed by atoms with E-state index in [-0.39, 0.29) is 0 Å². The van der Waals surface area contributed by atoms with Crippen molar-refractivity contribution >= 4 is 23.1 Å². The molecular formula is C15H24N2S. The second-order valence-electron chi connectivity index (χ2n) is 4.94. The van der Waals surface area contributed by atoms with E-state index in [1.807, 2.05) is 0 Å². The molecular weight excluding hydrogens is 240 g/mol. The lowest BCUT2D eigenvalue weighted by Crippen LogP contribution is -2.22. The van der Waals surface area contributed by atoms with Gasteiger partial charge in [0, 0.05) is 41.5 Å². The molecule has 18 heavy (non-hydrogen) atoms. The van der Waals surface area contributed by atoms with E-state index in [1.54, 1.807) is 0 Å². The van der Waals surface area contributed by atoms with Crippen LogP contribution < -0.4 is 10.2 Å². The number of nitrogens with zero attached hydrogens (tertiary/aromatic N) is 1. The van der Waals surface area contributed by atoms with E-state index >= 15 is 0 Å². The molecule has 0 bridgehead atoms. The van der Waals surface area contributed by atoms with E-state index in [4.69, 9.17) is 0 Å². The van der Waals surface area contributed by atoms with Gasteiger partial charge >= 0.3 is 0 Å². The third kappa shape index (κ3) is 3.35. The van der Waals surface area contributed by atoms with Gasteiger partial charge in [-0.25, -0.2) is 0 Å². The highest BCUT2D eigenvalue weighted by molar-refractivity contribution is 8.00. The molecule has 0 aliphatic carbocycles.